The fourth-order valence-electron chi connectivity index (χ4n) is 3.80. The van der Waals surface area contributed by atoms with Gasteiger partial charge >= 0.3 is 0 Å². The van der Waals surface area contributed by atoms with E-state index in [2.05, 4.69) is 13.8 Å². The highest BCUT2D eigenvalue weighted by atomic mass is 16.2. The first-order chi connectivity index (χ1) is 10.5. The van der Waals surface area contributed by atoms with Crippen LogP contribution in [0.25, 0.3) is 0 Å². The third-order valence-corrected chi connectivity index (χ3v) is 5.46. The van der Waals surface area contributed by atoms with E-state index >= 15 is 0 Å². The SMILES string of the molecule is CCC1(CC)CN(C(=O)[C@@H]2Cc3ccccc3N2C(C)=O)C1. The third kappa shape index (κ3) is 2.21. The van der Waals surface area contributed by atoms with Gasteiger partial charge in [0.25, 0.3) is 0 Å². The van der Waals surface area contributed by atoms with Gasteiger partial charge in [0.15, 0.2) is 0 Å². The van der Waals surface area contributed by atoms with Crippen LogP contribution in [0.4, 0.5) is 5.69 Å². The molecular weight excluding hydrogens is 276 g/mol. The van der Waals surface area contributed by atoms with Crippen molar-refractivity contribution in [3.05, 3.63) is 29.8 Å². The zero-order valence-electron chi connectivity index (χ0n) is 13.6. The molecule has 0 spiro atoms. The Balaban J connectivity index is 1.78. The van der Waals surface area contributed by atoms with Crippen LogP contribution in [0.5, 0.6) is 0 Å². The van der Waals surface area contributed by atoms with Crippen molar-refractivity contribution in [1.29, 1.82) is 0 Å². The Labute approximate surface area is 132 Å². The average molecular weight is 300 g/mol. The number of rotatable bonds is 3. The van der Waals surface area contributed by atoms with E-state index in [9.17, 15) is 9.59 Å². The summed E-state index contributed by atoms with van der Waals surface area (Å²) in [4.78, 5) is 28.5. The normalized spacial score (nSPS) is 22.2. The van der Waals surface area contributed by atoms with E-state index in [4.69, 9.17) is 0 Å². The van der Waals surface area contributed by atoms with Gasteiger partial charge in [0.2, 0.25) is 11.8 Å². The van der Waals surface area contributed by atoms with E-state index in [1.165, 1.54) is 0 Å². The first-order valence-corrected chi connectivity index (χ1v) is 8.18. The molecule has 1 fully saturated rings. The summed E-state index contributed by atoms with van der Waals surface area (Å²) in [6, 6.07) is 7.47. The van der Waals surface area contributed by atoms with Gasteiger partial charge in [0.05, 0.1) is 0 Å². The Morgan fingerprint density at radius 3 is 2.41 bits per heavy atom. The van der Waals surface area contributed by atoms with Crippen molar-refractivity contribution < 1.29 is 9.59 Å². The minimum atomic E-state index is -0.360. The standard InChI is InChI=1S/C18H24N2O2/c1-4-18(5-2)11-19(12-18)17(22)16-10-14-8-6-7-9-15(14)20(16)13(3)21/h6-9,16H,4-5,10-12H2,1-3H3/t16-/m0/s1. The Hall–Kier alpha value is -1.84. The van der Waals surface area contributed by atoms with Crippen molar-refractivity contribution in [2.45, 2.75) is 46.1 Å². The number of carbonyl (C=O) groups is 2. The molecule has 2 amide bonds. The van der Waals surface area contributed by atoms with Gasteiger partial charge in [-0.2, -0.15) is 0 Å². The van der Waals surface area contributed by atoms with Gasteiger partial charge in [-0.25, -0.2) is 0 Å². The Bertz CT molecular complexity index is 599. The largest absolute Gasteiger partial charge is 0.340 e. The predicted octanol–water partition coefficient (Wildman–Crippen LogP) is 2.61. The summed E-state index contributed by atoms with van der Waals surface area (Å²) in [6.07, 6.45) is 2.85. The smallest absolute Gasteiger partial charge is 0.246 e. The fourth-order valence-corrected chi connectivity index (χ4v) is 3.80. The van der Waals surface area contributed by atoms with E-state index in [1.807, 2.05) is 29.2 Å². The molecule has 1 atom stereocenters. The number of nitrogens with zero attached hydrogens (tertiary/aromatic N) is 2. The zero-order chi connectivity index (χ0) is 15.9. The van der Waals surface area contributed by atoms with Crippen molar-refractivity contribution in [3.8, 4) is 0 Å². The van der Waals surface area contributed by atoms with Gasteiger partial charge in [0, 0.05) is 37.5 Å². The highest BCUT2D eigenvalue weighted by Crippen LogP contribution is 2.39. The summed E-state index contributed by atoms with van der Waals surface area (Å²) < 4.78 is 0. The molecule has 2 heterocycles. The molecule has 0 radical (unpaired) electrons. The molecular formula is C18H24N2O2. The number of amides is 2. The average Bonchev–Trinajstić information content (AvgIpc) is 2.86. The van der Waals surface area contributed by atoms with Crippen LogP contribution in [0.15, 0.2) is 24.3 Å². The number of fused-ring (bicyclic) bond motifs is 1. The van der Waals surface area contributed by atoms with Crippen LogP contribution >= 0.6 is 0 Å². The molecule has 1 aromatic carbocycles. The van der Waals surface area contributed by atoms with Gasteiger partial charge in [-0.15, -0.1) is 0 Å². The number of hydrogen-bond donors (Lipinski definition) is 0. The lowest BCUT2D eigenvalue weighted by Crippen LogP contribution is -2.62. The van der Waals surface area contributed by atoms with Crippen LogP contribution in [0.2, 0.25) is 0 Å². The van der Waals surface area contributed by atoms with Gasteiger partial charge in [-0.3, -0.25) is 14.5 Å². The van der Waals surface area contributed by atoms with Crippen LogP contribution in [-0.2, 0) is 16.0 Å². The molecule has 1 saturated heterocycles. The Morgan fingerprint density at radius 2 is 1.82 bits per heavy atom. The summed E-state index contributed by atoms with van der Waals surface area (Å²) in [5.74, 6) is 0.0463. The molecule has 3 rings (SSSR count). The van der Waals surface area contributed by atoms with Crippen molar-refractivity contribution in [2.24, 2.45) is 5.41 Å². The highest BCUT2D eigenvalue weighted by molar-refractivity contribution is 6.02. The number of benzene rings is 1. The number of carbonyl (C=O) groups excluding carboxylic acids is 2. The first-order valence-electron chi connectivity index (χ1n) is 8.18. The number of likely N-dealkylation sites (tertiary alicyclic amines) is 1. The fraction of sp³-hybridized carbons (Fsp3) is 0.556. The van der Waals surface area contributed by atoms with Crippen molar-refractivity contribution in [1.82, 2.24) is 4.90 Å². The van der Waals surface area contributed by atoms with Crippen molar-refractivity contribution in [3.63, 3.8) is 0 Å². The molecule has 4 heteroatoms. The minimum Gasteiger partial charge on any atom is -0.340 e. The van der Waals surface area contributed by atoms with E-state index < -0.39 is 0 Å². The summed E-state index contributed by atoms with van der Waals surface area (Å²) in [5.41, 5.74) is 2.28. The molecule has 0 aliphatic carbocycles. The summed E-state index contributed by atoms with van der Waals surface area (Å²) in [7, 11) is 0. The van der Waals surface area contributed by atoms with Gasteiger partial charge in [-0.1, -0.05) is 32.0 Å². The number of para-hydroxylation sites is 1. The van der Waals surface area contributed by atoms with E-state index in [0.717, 1.165) is 37.2 Å². The summed E-state index contributed by atoms with van der Waals surface area (Å²) in [5, 5.41) is 0. The molecule has 1 aromatic rings. The lowest BCUT2D eigenvalue weighted by Gasteiger charge is -2.51. The molecule has 0 unspecified atom stereocenters. The molecule has 0 aromatic heterocycles. The van der Waals surface area contributed by atoms with Crippen LogP contribution < -0.4 is 4.90 Å². The van der Waals surface area contributed by atoms with Gasteiger partial charge < -0.3 is 4.90 Å². The molecule has 0 saturated carbocycles. The second-order valence-electron chi connectivity index (χ2n) is 6.64. The first kappa shape index (κ1) is 15.1. The minimum absolute atomic E-state index is 0.0546. The number of hydrogen-bond acceptors (Lipinski definition) is 2. The van der Waals surface area contributed by atoms with Crippen molar-refractivity contribution >= 4 is 17.5 Å². The van der Waals surface area contributed by atoms with Gasteiger partial charge in [0.1, 0.15) is 6.04 Å². The van der Waals surface area contributed by atoms with Crippen LogP contribution in [0, 0.1) is 5.41 Å². The molecule has 4 nitrogen and oxygen atoms in total. The lowest BCUT2D eigenvalue weighted by atomic mass is 9.75. The van der Waals surface area contributed by atoms with Crippen molar-refractivity contribution in [2.75, 3.05) is 18.0 Å². The Kier molecular flexibility index (Phi) is 3.71. The maximum absolute atomic E-state index is 12.9. The number of anilines is 1. The Morgan fingerprint density at radius 1 is 1.18 bits per heavy atom. The van der Waals surface area contributed by atoms with E-state index in [-0.39, 0.29) is 17.9 Å². The second kappa shape index (κ2) is 5.41. The van der Waals surface area contributed by atoms with E-state index in [1.54, 1.807) is 11.8 Å². The maximum Gasteiger partial charge on any atom is 0.246 e. The third-order valence-electron chi connectivity index (χ3n) is 5.46. The summed E-state index contributed by atoms with van der Waals surface area (Å²) >= 11 is 0. The second-order valence-corrected chi connectivity index (χ2v) is 6.64. The lowest BCUT2D eigenvalue weighted by molar-refractivity contribution is -0.146. The monoisotopic (exact) mass is 300 g/mol. The van der Waals surface area contributed by atoms with Crippen LogP contribution in [0.1, 0.15) is 39.2 Å². The molecule has 0 N–H and O–H groups in total. The molecule has 118 valence electrons. The van der Waals surface area contributed by atoms with Gasteiger partial charge in [-0.05, 0) is 24.5 Å². The van der Waals surface area contributed by atoms with Crippen LogP contribution in [-0.4, -0.2) is 35.8 Å². The van der Waals surface area contributed by atoms with Crippen LogP contribution in [0.3, 0.4) is 0 Å². The molecule has 2 aliphatic heterocycles. The zero-order valence-corrected chi connectivity index (χ0v) is 13.6. The summed E-state index contributed by atoms with van der Waals surface area (Å²) in [6.45, 7) is 7.59. The predicted molar refractivity (Wildman–Crippen MR) is 86.7 cm³/mol. The van der Waals surface area contributed by atoms with E-state index in [0.29, 0.717) is 11.8 Å². The molecule has 22 heavy (non-hydrogen) atoms. The maximum atomic E-state index is 12.9. The highest BCUT2D eigenvalue weighted by Gasteiger charge is 2.47. The molecule has 2 aliphatic rings. The topological polar surface area (TPSA) is 40.6 Å². The quantitative estimate of drug-likeness (QED) is 0.861. The molecule has 0 bridgehead atoms.